The summed E-state index contributed by atoms with van der Waals surface area (Å²) in [7, 11) is 1.64. The molecule has 8 nitrogen and oxygen atoms in total. The molecule has 4 rings (SSSR count). The maximum Gasteiger partial charge on any atom is 0.298 e. The fraction of sp³-hybridized carbons (Fsp3) is 0.381. The number of hydrogen-bond donors (Lipinski definition) is 0. The highest BCUT2D eigenvalue weighted by atomic mass is 32.1. The summed E-state index contributed by atoms with van der Waals surface area (Å²) in [4.78, 5) is 21.8. The number of nitrogens with zero attached hydrogens (tertiary/aromatic N) is 4. The van der Waals surface area contributed by atoms with Crippen LogP contribution in [0.15, 0.2) is 46.4 Å². The molecule has 0 radical (unpaired) electrons. The normalized spacial score (nSPS) is 14.6. The summed E-state index contributed by atoms with van der Waals surface area (Å²) in [6.45, 7) is 4.83. The number of carbonyl (C=O) groups excluding carboxylic acids is 1. The van der Waals surface area contributed by atoms with E-state index in [1.807, 2.05) is 29.6 Å². The molecule has 0 saturated carbocycles. The van der Waals surface area contributed by atoms with Crippen LogP contribution >= 0.6 is 11.3 Å². The van der Waals surface area contributed by atoms with Gasteiger partial charge in [-0.25, -0.2) is 4.98 Å². The van der Waals surface area contributed by atoms with E-state index in [-0.39, 0.29) is 11.7 Å². The SMILES string of the molecule is COc1ccc(-c2csc(N(CCCN3CCOCC3)C(=O)c3ccno3)n2)cc1. The first-order valence-electron chi connectivity index (χ1n) is 9.87. The maximum absolute atomic E-state index is 13.0. The van der Waals surface area contributed by atoms with Gasteiger partial charge in [0.1, 0.15) is 5.75 Å². The monoisotopic (exact) mass is 428 g/mol. The van der Waals surface area contributed by atoms with Crippen LogP contribution in [0.4, 0.5) is 5.13 Å². The van der Waals surface area contributed by atoms with Crippen LogP contribution in [-0.4, -0.2) is 67.5 Å². The van der Waals surface area contributed by atoms with Gasteiger partial charge in [0, 0.05) is 43.2 Å². The third kappa shape index (κ3) is 4.86. The Morgan fingerprint density at radius 1 is 1.23 bits per heavy atom. The first kappa shape index (κ1) is 20.5. The van der Waals surface area contributed by atoms with Crippen molar-refractivity contribution in [3.05, 3.63) is 47.7 Å². The zero-order valence-electron chi connectivity index (χ0n) is 16.8. The summed E-state index contributed by atoms with van der Waals surface area (Å²) in [6.07, 6.45) is 2.31. The Bertz CT molecular complexity index is 936. The maximum atomic E-state index is 13.0. The van der Waals surface area contributed by atoms with Crippen molar-refractivity contribution < 1.29 is 18.8 Å². The number of aromatic nitrogens is 2. The third-order valence-electron chi connectivity index (χ3n) is 4.96. The molecule has 1 aliphatic heterocycles. The van der Waals surface area contributed by atoms with Crippen LogP contribution in [0.5, 0.6) is 5.75 Å². The molecule has 158 valence electrons. The Balaban J connectivity index is 1.49. The van der Waals surface area contributed by atoms with E-state index in [9.17, 15) is 4.79 Å². The van der Waals surface area contributed by atoms with Crippen molar-refractivity contribution in [2.45, 2.75) is 6.42 Å². The number of rotatable bonds is 8. The smallest absolute Gasteiger partial charge is 0.298 e. The second-order valence-electron chi connectivity index (χ2n) is 6.88. The standard InChI is InChI=1S/C21H24N4O4S/c1-27-17-5-3-16(4-6-17)18-15-30-21(23-18)25(20(26)19-7-8-22-29-19)10-2-9-24-11-13-28-14-12-24/h3-8,15H,2,9-14H2,1H3. The molecule has 2 aromatic heterocycles. The summed E-state index contributed by atoms with van der Waals surface area (Å²) in [5, 5.41) is 6.27. The lowest BCUT2D eigenvalue weighted by Crippen LogP contribution is -2.39. The first-order chi connectivity index (χ1) is 14.7. The topological polar surface area (TPSA) is 80.9 Å². The number of amides is 1. The van der Waals surface area contributed by atoms with Gasteiger partial charge in [0.05, 0.1) is 32.2 Å². The summed E-state index contributed by atoms with van der Waals surface area (Å²) in [5.41, 5.74) is 1.79. The number of ether oxygens (including phenoxy) is 2. The van der Waals surface area contributed by atoms with Gasteiger partial charge in [0.15, 0.2) is 5.13 Å². The number of anilines is 1. The quantitative estimate of drug-likeness (QED) is 0.545. The number of morpholine rings is 1. The van der Waals surface area contributed by atoms with Gasteiger partial charge >= 0.3 is 0 Å². The number of hydrogen-bond acceptors (Lipinski definition) is 8. The van der Waals surface area contributed by atoms with E-state index in [4.69, 9.17) is 19.0 Å². The minimum Gasteiger partial charge on any atom is -0.497 e. The Kier molecular flexibility index (Phi) is 6.73. The van der Waals surface area contributed by atoms with E-state index in [0.29, 0.717) is 11.7 Å². The molecule has 0 spiro atoms. The number of thiazole rings is 1. The Morgan fingerprint density at radius 3 is 2.73 bits per heavy atom. The lowest BCUT2D eigenvalue weighted by Gasteiger charge is -2.27. The van der Waals surface area contributed by atoms with Crippen LogP contribution in [0.2, 0.25) is 0 Å². The summed E-state index contributed by atoms with van der Waals surface area (Å²) < 4.78 is 15.7. The zero-order valence-corrected chi connectivity index (χ0v) is 17.6. The van der Waals surface area contributed by atoms with Crippen molar-refractivity contribution in [1.82, 2.24) is 15.0 Å². The lowest BCUT2D eigenvalue weighted by molar-refractivity contribution is 0.0376. The second kappa shape index (κ2) is 9.84. The number of methoxy groups -OCH3 is 1. The molecule has 0 atom stereocenters. The molecule has 0 unspecified atom stereocenters. The Morgan fingerprint density at radius 2 is 2.03 bits per heavy atom. The van der Waals surface area contributed by atoms with Crippen molar-refractivity contribution in [2.75, 3.05) is 51.4 Å². The van der Waals surface area contributed by atoms with Gasteiger partial charge < -0.3 is 14.0 Å². The predicted octanol–water partition coefficient (Wildman–Crippen LogP) is 3.18. The number of benzene rings is 1. The summed E-state index contributed by atoms with van der Waals surface area (Å²) in [6, 6.07) is 9.29. The fourth-order valence-electron chi connectivity index (χ4n) is 3.30. The molecular weight excluding hydrogens is 404 g/mol. The molecule has 30 heavy (non-hydrogen) atoms. The van der Waals surface area contributed by atoms with E-state index in [2.05, 4.69) is 10.1 Å². The van der Waals surface area contributed by atoms with E-state index in [1.165, 1.54) is 17.5 Å². The second-order valence-corrected chi connectivity index (χ2v) is 7.72. The van der Waals surface area contributed by atoms with Crippen LogP contribution in [0.1, 0.15) is 17.0 Å². The van der Waals surface area contributed by atoms with Gasteiger partial charge in [-0.05, 0) is 30.7 Å². The average Bonchev–Trinajstić information content (AvgIpc) is 3.50. The van der Waals surface area contributed by atoms with Gasteiger partial charge in [-0.1, -0.05) is 5.16 Å². The zero-order chi connectivity index (χ0) is 20.8. The Labute approximate surface area is 179 Å². The van der Waals surface area contributed by atoms with Gasteiger partial charge in [-0.3, -0.25) is 14.6 Å². The van der Waals surface area contributed by atoms with Crippen LogP contribution in [-0.2, 0) is 4.74 Å². The highest BCUT2D eigenvalue weighted by Crippen LogP contribution is 2.29. The molecule has 0 aliphatic carbocycles. The molecule has 1 aromatic carbocycles. The molecule has 0 N–H and O–H groups in total. The van der Waals surface area contributed by atoms with Crippen LogP contribution in [0, 0.1) is 0 Å². The van der Waals surface area contributed by atoms with Gasteiger partial charge in [0.2, 0.25) is 5.76 Å². The van der Waals surface area contributed by atoms with Gasteiger partial charge in [-0.2, -0.15) is 0 Å². The van der Waals surface area contributed by atoms with Crippen molar-refractivity contribution in [3.8, 4) is 17.0 Å². The minimum atomic E-state index is -0.231. The van der Waals surface area contributed by atoms with Crippen LogP contribution < -0.4 is 9.64 Å². The highest BCUT2D eigenvalue weighted by molar-refractivity contribution is 7.14. The number of carbonyl (C=O) groups is 1. The van der Waals surface area contributed by atoms with Crippen LogP contribution in [0.25, 0.3) is 11.3 Å². The highest BCUT2D eigenvalue weighted by Gasteiger charge is 2.24. The van der Waals surface area contributed by atoms with E-state index < -0.39 is 0 Å². The van der Waals surface area contributed by atoms with Crippen molar-refractivity contribution in [1.29, 1.82) is 0 Å². The third-order valence-corrected chi connectivity index (χ3v) is 5.83. The lowest BCUT2D eigenvalue weighted by atomic mass is 10.2. The molecule has 0 bridgehead atoms. The molecule has 1 aliphatic rings. The molecule has 9 heteroatoms. The van der Waals surface area contributed by atoms with E-state index in [1.54, 1.807) is 18.1 Å². The summed E-state index contributed by atoms with van der Waals surface area (Å²) >= 11 is 1.44. The molecule has 3 heterocycles. The largest absolute Gasteiger partial charge is 0.497 e. The van der Waals surface area contributed by atoms with E-state index in [0.717, 1.165) is 56.3 Å². The molecule has 1 saturated heterocycles. The van der Waals surface area contributed by atoms with Gasteiger partial charge in [0.25, 0.3) is 5.91 Å². The Hall–Kier alpha value is -2.75. The molecule has 1 fully saturated rings. The van der Waals surface area contributed by atoms with Crippen molar-refractivity contribution >= 4 is 22.4 Å². The van der Waals surface area contributed by atoms with Crippen molar-refractivity contribution in [3.63, 3.8) is 0 Å². The van der Waals surface area contributed by atoms with E-state index >= 15 is 0 Å². The predicted molar refractivity (Wildman–Crippen MR) is 114 cm³/mol. The summed E-state index contributed by atoms with van der Waals surface area (Å²) in [5.74, 6) is 0.770. The molecule has 1 amide bonds. The molecule has 3 aromatic rings. The molecular formula is C21H24N4O4S. The van der Waals surface area contributed by atoms with Gasteiger partial charge in [-0.15, -0.1) is 11.3 Å². The van der Waals surface area contributed by atoms with Crippen molar-refractivity contribution in [2.24, 2.45) is 0 Å². The fourth-order valence-corrected chi connectivity index (χ4v) is 4.16. The van der Waals surface area contributed by atoms with Crippen LogP contribution in [0.3, 0.4) is 0 Å². The minimum absolute atomic E-state index is 0.211. The average molecular weight is 429 g/mol. The first-order valence-corrected chi connectivity index (χ1v) is 10.7.